The number of anilines is 2. The summed E-state index contributed by atoms with van der Waals surface area (Å²) in [6.07, 6.45) is 0.685. The van der Waals surface area contributed by atoms with Crippen molar-refractivity contribution in [3.05, 3.63) is 42.2 Å². The molecule has 8 nitrogen and oxygen atoms in total. The Morgan fingerprint density at radius 3 is 2.68 bits per heavy atom. The van der Waals surface area contributed by atoms with Crippen LogP contribution in [0, 0.1) is 0 Å². The van der Waals surface area contributed by atoms with Crippen LogP contribution in [0.2, 0.25) is 0 Å². The molecule has 8 heteroatoms. The Morgan fingerprint density at radius 1 is 1.14 bits per heavy atom. The predicted molar refractivity (Wildman–Crippen MR) is 107 cm³/mol. The van der Waals surface area contributed by atoms with Crippen LogP contribution in [0.3, 0.4) is 0 Å². The number of carbonyl (C=O) groups excluding carboxylic acids is 1. The molecule has 1 atom stereocenters. The zero-order chi connectivity index (χ0) is 19.9. The highest BCUT2D eigenvalue weighted by molar-refractivity contribution is 6.02. The maximum Gasteiger partial charge on any atom is 0.249 e. The van der Waals surface area contributed by atoms with Gasteiger partial charge in [-0.2, -0.15) is 4.52 Å². The topological polar surface area (TPSA) is 84.7 Å². The summed E-state index contributed by atoms with van der Waals surface area (Å²) in [6.45, 7) is 6.82. The van der Waals surface area contributed by atoms with Crippen LogP contribution in [0.1, 0.15) is 33.0 Å². The number of nitrogens with one attached hydrogen (secondary N) is 1. The first-order chi connectivity index (χ1) is 13.4. The molecule has 1 aromatic carbocycles. The molecule has 1 saturated heterocycles. The lowest BCUT2D eigenvalue weighted by atomic mass is 9.96. The molecule has 3 heterocycles. The van der Waals surface area contributed by atoms with Crippen LogP contribution in [0.5, 0.6) is 5.75 Å². The highest BCUT2D eigenvalue weighted by Crippen LogP contribution is 2.31. The number of methoxy groups -OCH3 is 1. The van der Waals surface area contributed by atoms with Gasteiger partial charge in [-0.15, -0.1) is 15.3 Å². The Hall–Kier alpha value is -3.16. The normalized spacial score (nSPS) is 17.4. The molecule has 3 aromatic rings. The summed E-state index contributed by atoms with van der Waals surface area (Å²) < 4.78 is 7.14. The summed E-state index contributed by atoms with van der Waals surface area (Å²) in [6, 6.07) is 10.9. The fourth-order valence-corrected chi connectivity index (χ4v) is 3.42. The first kappa shape index (κ1) is 18.2. The van der Waals surface area contributed by atoms with E-state index in [0.717, 1.165) is 11.5 Å². The third-order valence-electron chi connectivity index (χ3n) is 4.84. The van der Waals surface area contributed by atoms with Gasteiger partial charge in [0.05, 0.1) is 12.8 Å². The van der Waals surface area contributed by atoms with Gasteiger partial charge in [0.1, 0.15) is 17.6 Å². The fourth-order valence-electron chi connectivity index (χ4n) is 3.42. The van der Waals surface area contributed by atoms with E-state index in [1.165, 1.54) is 0 Å². The molecule has 1 aliphatic rings. The maximum absolute atomic E-state index is 13.0. The minimum atomic E-state index is -0.343. The van der Waals surface area contributed by atoms with Crippen LogP contribution < -0.4 is 15.0 Å². The van der Waals surface area contributed by atoms with Gasteiger partial charge in [0.15, 0.2) is 11.5 Å². The number of ether oxygens (including phenoxy) is 1. The molecule has 1 aliphatic heterocycles. The quantitative estimate of drug-likeness (QED) is 0.749. The molecule has 0 spiro atoms. The Bertz CT molecular complexity index is 1020. The molecule has 2 aromatic heterocycles. The number of nitrogens with zero attached hydrogens (tertiary/aromatic N) is 5. The van der Waals surface area contributed by atoms with Crippen LogP contribution in [0.4, 0.5) is 11.5 Å². The van der Waals surface area contributed by atoms with Crippen LogP contribution in [-0.4, -0.2) is 45.4 Å². The summed E-state index contributed by atoms with van der Waals surface area (Å²) in [4.78, 5) is 14.7. The monoisotopic (exact) mass is 380 g/mol. The first-order valence-electron chi connectivity index (χ1n) is 9.32. The zero-order valence-corrected chi connectivity index (χ0v) is 16.5. The number of aromatic nitrogens is 4. The van der Waals surface area contributed by atoms with Crippen LogP contribution in [0.25, 0.3) is 5.65 Å². The van der Waals surface area contributed by atoms with E-state index in [9.17, 15) is 4.79 Å². The summed E-state index contributed by atoms with van der Waals surface area (Å²) >= 11 is 0. The van der Waals surface area contributed by atoms with Gasteiger partial charge in [0.2, 0.25) is 5.91 Å². The number of hydrogen-bond acceptors (Lipinski definition) is 6. The van der Waals surface area contributed by atoms with Crippen molar-refractivity contribution in [2.75, 3.05) is 23.9 Å². The molecule has 1 amide bonds. The predicted octanol–water partition coefficient (Wildman–Crippen LogP) is 2.65. The molecule has 4 rings (SSSR count). The highest BCUT2D eigenvalue weighted by Gasteiger charge is 2.34. The minimum absolute atomic E-state index is 0.00574. The van der Waals surface area contributed by atoms with E-state index in [4.69, 9.17) is 4.74 Å². The van der Waals surface area contributed by atoms with Gasteiger partial charge >= 0.3 is 0 Å². The van der Waals surface area contributed by atoms with Crippen molar-refractivity contribution in [2.45, 2.75) is 38.6 Å². The Morgan fingerprint density at radius 2 is 1.93 bits per heavy atom. The van der Waals surface area contributed by atoms with Gasteiger partial charge in [-0.25, -0.2) is 0 Å². The molecule has 1 fully saturated rings. The van der Waals surface area contributed by atoms with E-state index in [0.29, 0.717) is 30.2 Å². The highest BCUT2D eigenvalue weighted by atomic mass is 16.5. The van der Waals surface area contributed by atoms with Crippen molar-refractivity contribution in [1.29, 1.82) is 0 Å². The average molecular weight is 380 g/mol. The smallest absolute Gasteiger partial charge is 0.249 e. The molecule has 28 heavy (non-hydrogen) atoms. The number of para-hydroxylation sites is 2. The Balaban J connectivity index is 1.57. The summed E-state index contributed by atoms with van der Waals surface area (Å²) in [7, 11) is 1.61. The van der Waals surface area contributed by atoms with Gasteiger partial charge < -0.3 is 15.0 Å². The molecule has 0 radical (unpaired) electrons. The SMILES string of the molecule is COc1ccccc1N1CCC(Nc2ccc3nnc(C(C)(C)C)n3n2)C1=O. The van der Waals surface area contributed by atoms with E-state index >= 15 is 0 Å². The standard InChI is InChI=1S/C20H24N6O2/c1-20(2,3)19-23-22-17-10-9-16(24-26(17)19)21-13-11-12-25(18(13)27)14-7-5-6-8-15(14)28-4/h5-10,13H,11-12H2,1-4H3,(H,21,24). The number of rotatable bonds is 4. The average Bonchev–Trinajstić information content (AvgIpc) is 3.25. The third kappa shape index (κ3) is 3.15. The number of carbonyl (C=O) groups is 1. The summed E-state index contributed by atoms with van der Waals surface area (Å²) in [5.41, 5.74) is 1.29. The van der Waals surface area contributed by atoms with Crippen molar-refractivity contribution >= 4 is 23.1 Å². The van der Waals surface area contributed by atoms with Gasteiger partial charge in [0, 0.05) is 12.0 Å². The van der Waals surface area contributed by atoms with Gasteiger partial charge in [-0.1, -0.05) is 32.9 Å². The molecule has 0 bridgehead atoms. The molecule has 0 saturated carbocycles. The summed E-state index contributed by atoms with van der Waals surface area (Å²) in [5.74, 6) is 2.10. The fraction of sp³-hybridized carbons (Fsp3) is 0.400. The summed E-state index contributed by atoms with van der Waals surface area (Å²) in [5, 5.41) is 16.3. The van der Waals surface area contributed by atoms with Crippen molar-refractivity contribution in [2.24, 2.45) is 0 Å². The molecule has 0 aliphatic carbocycles. The molecule has 1 unspecified atom stereocenters. The second kappa shape index (κ2) is 6.78. The van der Waals surface area contributed by atoms with E-state index in [-0.39, 0.29) is 17.4 Å². The first-order valence-corrected chi connectivity index (χ1v) is 9.32. The lowest BCUT2D eigenvalue weighted by Crippen LogP contribution is -2.34. The number of amides is 1. The van der Waals surface area contributed by atoms with E-state index < -0.39 is 0 Å². The Labute approximate surface area is 163 Å². The van der Waals surface area contributed by atoms with Crippen molar-refractivity contribution in [1.82, 2.24) is 19.8 Å². The van der Waals surface area contributed by atoms with Crippen molar-refractivity contribution in [3.8, 4) is 5.75 Å². The molecule has 146 valence electrons. The van der Waals surface area contributed by atoms with E-state index in [1.54, 1.807) is 16.5 Å². The minimum Gasteiger partial charge on any atom is -0.495 e. The second-order valence-electron chi connectivity index (χ2n) is 7.91. The zero-order valence-electron chi connectivity index (χ0n) is 16.5. The molecular formula is C20H24N6O2. The van der Waals surface area contributed by atoms with Crippen LogP contribution in [0.15, 0.2) is 36.4 Å². The lowest BCUT2D eigenvalue weighted by Gasteiger charge is -2.20. The van der Waals surface area contributed by atoms with E-state index in [1.807, 2.05) is 36.4 Å². The van der Waals surface area contributed by atoms with Crippen molar-refractivity contribution < 1.29 is 9.53 Å². The van der Waals surface area contributed by atoms with Crippen molar-refractivity contribution in [3.63, 3.8) is 0 Å². The van der Waals surface area contributed by atoms with Gasteiger partial charge in [-0.05, 0) is 30.7 Å². The Kier molecular flexibility index (Phi) is 4.41. The van der Waals surface area contributed by atoms with Gasteiger partial charge in [0.25, 0.3) is 0 Å². The largest absolute Gasteiger partial charge is 0.495 e. The molecule has 1 N–H and O–H groups in total. The van der Waals surface area contributed by atoms with Crippen LogP contribution in [-0.2, 0) is 10.2 Å². The third-order valence-corrected chi connectivity index (χ3v) is 4.84. The molecular weight excluding hydrogens is 356 g/mol. The second-order valence-corrected chi connectivity index (χ2v) is 7.91. The maximum atomic E-state index is 13.0. The number of hydrogen-bond donors (Lipinski definition) is 1. The van der Waals surface area contributed by atoms with Gasteiger partial charge in [-0.3, -0.25) is 4.79 Å². The number of fused-ring (bicyclic) bond motifs is 1. The number of benzene rings is 1. The van der Waals surface area contributed by atoms with E-state index in [2.05, 4.69) is 41.4 Å². The lowest BCUT2D eigenvalue weighted by molar-refractivity contribution is -0.117. The van der Waals surface area contributed by atoms with Crippen LogP contribution >= 0.6 is 0 Å².